The van der Waals surface area contributed by atoms with E-state index < -0.39 is 17.8 Å². The van der Waals surface area contributed by atoms with Crippen LogP contribution in [0.1, 0.15) is 41.0 Å². The van der Waals surface area contributed by atoms with Crippen molar-refractivity contribution in [2.45, 2.75) is 32.5 Å². The van der Waals surface area contributed by atoms with Crippen molar-refractivity contribution in [2.75, 3.05) is 0 Å². The minimum Gasteiger partial charge on any atom is -0.382 e. The minimum absolute atomic E-state index is 0.394. The first-order chi connectivity index (χ1) is 9.84. The number of halogens is 3. The van der Waals surface area contributed by atoms with Crippen LogP contribution in [0.5, 0.6) is 0 Å². The molecule has 0 fully saturated rings. The van der Waals surface area contributed by atoms with Crippen LogP contribution in [0.4, 0.5) is 13.2 Å². The maximum atomic E-state index is 12.7. The summed E-state index contributed by atoms with van der Waals surface area (Å²) in [5.74, 6) is 0. The maximum absolute atomic E-state index is 12.7. The molecule has 0 saturated carbocycles. The van der Waals surface area contributed by atoms with Gasteiger partial charge in [-0.25, -0.2) is 0 Å². The number of hydrogen-bond acceptors (Lipinski definition) is 2. The van der Waals surface area contributed by atoms with Crippen LogP contribution in [0.25, 0.3) is 0 Å². The summed E-state index contributed by atoms with van der Waals surface area (Å²) in [7, 11) is 0. The number of aromatic nitrogens is 1. The second-order valence-corrected chi connectivity index (χ2v) is 4.87. The van der Waals surface area contributed by atoms with E-state index in [4.69, 9.17) is 0 Å². The molecule has 1 aromatic heterocycles. The number of aliphatic hydroxyl groups excluding tert-OH is 1. The third-order valence-corrected chi connectivity index (χ3v) is 3.46. The van der Waals surface area contributed by atoms with Gasteiger partial charge in [0.15, 0.2) is 0 Å². The van der Waals surface area contributed by atoms with E-state index in [0.717, 1.165) is 17.7 Å². The summed E-state index contributed by atoms with van der Waals surface area (Å²) in [5.41, 5.74) is 1.49. The molecule has 1 unspecified atom stereocenters. The zero-order chi connectivity index (χ0) is 15.6. The molecular weight excluding hydrogens is 279 g/mol. The van der Waals surface area contributed by atoms with E-state index in [1.54, 1.807) is 19.2 Å². The molecule has 0 aliphatic rings. The van der Waals surface area contributed by atoms with Gasteiger partial charge in [0.25, 0.3) is 0 Å². The standard InChI is InChI=1S/C16H16F3NO/c1-3-11-5-4-8-20-14(11)15(21)13-7-6-12(9-10(13)2)16(17,18)19/h4-9,15,21H,3H2,1-2H3. The Kier molecular flexibility index (Phi) is 4.32. The Balaban J connectivity index is 2.42. The topological polar surface area (TPSA) is 33.1 Å². The zero-order valence-corrected chi connectivity index (χ0v) is 11.8. The first kappa shape index (κ1) is 15.5. The van der Waals surface area contributed by atoms with Crippen molar-refractivity contribution >= 4 is 0 Å². The Labute approximate surface area is 121 Å². The third-order valence-electron chi connectivity index (χ3n) is 3.46. The summed E-state index contributed by atoms with van der Waals surface area (Å²) in [6, 6.07) is 6.98. The van der Waals surface area contributed by atoms with E-state index in [2.05, 4.69) is 4.98 Å². The smallest absolute Gasteiger partial charge is 0.382 e. The van der Waals surface area contributed by atoms with Crippen LogP contribution in [-0.2, 0) is 12.6 Å². The third kappa shape index (κ3) is 3.24. The lowest BCUT2D eigenvalue weighted by Gasteiger charge is -2.17. The highest BCUT2D eigenvalue weighted by Crippen LogP contribution is 2.33. The summed E-state index contributed by atoms with van der Waals surface area (Å²) in [6.45, 7) is 3.50. The summed E-state index contributed by atoms with van der Waals surface area (Å²) < 4.78 is 38.0. The van der Waals surface area contributed by atoms with Crippen LogP contribution < -0.4 is 0 Å². The first-order valence-corrected chi connectivity index (χ1v) is 6.64. The van der Waals surface area contributed by atoms with Crippen molar-refractivity contribution in [3.8, 4) is 0 Å². The molecule has 0 bridgehead atoms. The highest BCUT2D eigenvalue weighted by Gasteiger charge is 2.31. The average Bonchev–Trinajstić information content (AvgIpc) is 2.45. The molecule has 2 aromatic rings. The predicted octanol–water partition coefficient (Wildman–Crippen LogP) is 4.05. The number of aryl methyl sites for hydroxylation is 2. The molecule has 1 atom stereocenters. The highest BCUT2D eigenvalue weighted by atomic mass is 19.4. The molecule has 1 aromatic carbocycles. The Hall–Kier alpha value is -1.88. The van der Waals surface area contributed by atoms with Crippen LogP contribution in [0.3, 0.4) is 0 Å². The largest absolute Gasteiger partial charge is 0.416 e. The second-order valence-electron chi connectivity index (χ2n) is 4.87. The lowest BCUT2D eigenvalue weighted by atomic mass is 9.95. The van der Waals surface area contributed by atoms with Crippen molar-refractivity contribution in [2.24, 2.45) is 0 Å². The van der Waals surface area contributed by atoms with Crippen LogP contribution in [0.2, 0.25) is 0 Å². The molecule has 2 rings (SSSR count). The van der Waals surface area contributed by atoms with Crippen molar-refractivity contribution in [3.05, 3.63) is 64.5 Å². The molecule has 0 saturated heterocycles. The van der Waals surface area contributed by atoms with E-state index in [0.29, 0.717) is 23.2 Å². The Morgan fingerprint density at radius 1 is 1.24 bits per heavy atom. The number of aliphatic hydroxyl groups is 1. The van der Waals surface area contributed by atoms with Gasteiger partial charge in [-0.15, -0.1) is 0 Å². The van der Waals surface area contributed by atoms with Gasteiger partial charge in [0.2, 0.25) is 0 Å². The lowest BCUT2D eigenvalue weighted by Crippen LogP contribution is -2.10. The van der Waals surface area contributed by atoms with Crippen LogP contribution in [-0.4, -0.2) is 10.1 Å². The number of hydrogen-bond donors (Lipinski definition) is 1. The molecule has 0 radical (unpaired) electrons. The van der Waals surface area contributed by atoms with Crippen LogP contribution in [0, 0.1) is 6.92 Å². The van der Waals surface area contributed by atoms with Gasteiger partial charge in [-0.3, -0.25) is 4.98 Å². The molecule has 2 nitrogen and oxygen atoms in total. The lowest BCUT2D eigenvalue weighted by molar-refractivity contribution is -0.137. The van der Waals surface area contributed by atoms with E-state index >= 15 is 0 Å². The number of pyridine rings is 1. The van der Waals surface area contributed by atoms with Gasteiger partial charge in [0.1, 0.15) is 6.10 Å². The Bertz CT molecular complexity index is 638. The molecule has 1 heterocycles. The van der Waals surface area contributed by atoms with Gasteiger partial charge in [-0.2, -0.15) is 13.2 Å². The normalized spacial score (nSPS) is 13.2. The number of benzene rings is 1. The van der Waals surface area contributed by atoms with E-state index in [1.807, 2.05) is 13.0 Å². The molecule has 112 valence electrons. The van der Waals surface area contributed by atoms with Gasteiger partial charge < -0.3 is 5.11 Å². The van der Waals surface area contributed by atoms with Crippen molar-refractivity contribution in [1.82, 2.24) is 4.98 Å². The quantitative estimate of drug-likeness (QED) is 0.926. The second kappa shape index (κ2) is 5.85. The molecule has 5 heteroatoms. The van der Waals surface area contributed by atoms with Crippen molar-refractivity contribution in [1.29, 1.82) is 0 Å². The van der Waals surface area contributed by atoms with Gasteiger partial charge in [0.05, 0.1) is 11.3 Å². The predicted molar refractivity (Wildman–Crippen MR) is 73.9 cm³/mol. The summed E-state index contributed by atoms with van der Waals surface area (Å²) in [4.78, 5) is 4.17. The van der Waals surface area contributed by atoms with Crippen LogP contribution in [0.15, 0.2) is 36.5 Å². The summed E-state index contributed by atoms with van der Waals surface area (Å²) >= 11 is 0. The molecule has 1 N–H and O–H groups in total. The zero-order valence-electron chi connectivity index (χ0n) is 11.8. The molecule has 0 amide bonds. The fraction of sp³-hybridized carbons (Fsp3) is 0.312. The molecule has 0 aliphatic heterocycles. The maximum Gasteiger partial charge on any atom is 0.416 e. The van der Waals surface area contributed by atoms with Gasteiger partial charge in [-0.05, 0) is 48.2 Å². The Morgan fingerprint density at radius 3 is 2.52 bits per heavy atom. The Morgan fingerprint density at radius 2 is 1.95 bits per heavy atom. The first-order valence-electron chi connectivity index (χ1n) is 6.64. The number of nitrogens with zero attached hydrogens (tertiary/aromatic N) is 1. The fourth-order valence-electron chi connectivity index (χ4n) is 2.30. The minimum atomic E-state index is -4.38. The monoisotopic (exact) mass is 295 g/mol. The van der Waals surface area contributed by atoms with Crippen molar-refractivity contribution < 1.29 is 18.3 Å². The average molecular weight is 295 g/mol. The van der Waals surface area contributed by atoms with Crippen molar-refractivity contribution in [3.63, 3.8) is 0 Å². The number of alkyl halides is 3. The SMILES string of the molecule is CCc1cccnc1C(O)c1ccc(C(F)(F)F)cc1C. The van der Waals surface area contributed by atoms with Gasteiger partial charge in [0, 0.05) is 6.20 Å². The highest BCUT2D eigenvalue weighted by molar-refractivity contribution is 5.38. The summed E-state index contributed by atoms with van der Waals surface area (Å²) in [5, 5.41) is 10.4. The molecule has 0 aliphatic carbocycles. The van der Waals surface area contributed by atoms with E-state index in [1.165, 1.54) is 6.07 Å². The number of rotatable bonds is 3. The van der Waals surface area contributed by atoms with E-state index in [-0.39, 0.29) is 0 Å². The molecule has 21 heavy (non-hydrogen) atoms. The van der Waals surface area contributed by atoms with E-state index in [9.17, 15) is 18.3 Å². The summed E-state index contributed by atoms with van der Waals surface area (Å²) in [6.07, 6.45) is -3.14. The fourth-order valence-corrected chi connectivity index (χ4v) is 2.30. The molecular formula is C16H16F3NO. The van der Waals surface area contributed by atoms with Crippen LogP contribution >= 0.6 is 0 Å². The van der Waals surface area contributed by atoms with Gasteiger partial charge in [-0.1, -0.05) is 19.1 Å². The van der Waals surface area contributed by atoms with Gasteiger partial charge >= 0.3 is 6.18 Å². The molecule has 0 spiro atoms.